The molecule has 0 fully saturated rings. The van der Waals surface area contributed by atoms with E-state index in [4.69, 9.17) is 4.42 Å². The molecular weight excluding hydrogens is 438 g/mol. The van der Waals surface area contributed by atoms with E-state index in [1.54, 1.807) is 62.4 Å². The first-order valence-electron chi connectivity index (χ1n) is 10.1. The lowest BCUT2D eigenvalue weighted by atomic mass is 10.1. The number of benzene rings is 2. The van der Waals surface area contributed by atoms with Gasteiger partial charge in [0.05, 0.1) is 16.1 Å². The van der Waals surface area contributed by atoms with Crippen molar-refractivity contribution in [2.75, 3.05) is 16.0 Å². The van der Waals surface area contributed by atoms with Gasteiger partial charge in [0.25, 0.3) is 17.7 Å². The van der Waals surface area contributed by atoms with Crippen LogP contribution in [0.15, 0.2) is 77.4 Å². The Bertz CT molecular complexity index is 1310. The van der Waals surface area contributed by atoms with E-state index in [1.165, 1.54) is 17.6 Å². The Morgan fingerprint density at radius 3 is 2.30 bits per heavy atom. The molecule has 0 aliphatic carbocycles. The predicted molar refractivity (Wildman–Crippen MR) is 129 cm³/mol. The first-order chi connectivity index (χ1) is 15.9. The quantitative estimate of drug-likeness (QED) is 0.344. The lowest BCUT2D eigenvalue weighted by molar-refractivity contribution is 0.0994. The molecule has 4 rings (SSSR count). The standard InChI is InChI=1S/C25H21N3O4S/c1-15-14-21(28-24(30)20-12-7-13-32-20)33-22(15)25(31)27-19-11-6-10-18(16(19)2)23(29)26-17-8-4-3-5-9-17/h3-14H,1-2H3,(H,26,29)(H,27,31)(H,28,30). The molecule has 2 aromatic heterocycles. The van der Waals surface area contributed by atoms with E-state index in [9.17, 15) is 14.4 Å². The molecule has 2 aromatic carbocycles. The van der Waals surface area contributed by atoms with Crippen LogP contribution in [-0.4, -0.2) is 17.7 Å². The Hall–Kier alpha value is -4.17. The number of anilines is 3. The number of aryl methyl sites for hydroxylation is 1. The molecule has 0 atom stereocenters. The number of hydrogen-bond donors (Lipinski definition) is 3. The third-order valence-electron chi connectivity index (χ3n) is 4.96. The van der Waals surface area contributed by atoms with Crippen LogP contribution >= 0.6 is 11.3 Å². The highest BCUT2D eigenvalue weighted by atomic mass is 32.1. The number of amides is 3. The summed E-state index contributed by atoms with van der Waals surface area (Å²) in [5.41, 5.74) is 3.07. The average molecular weight is 460 g/mol. The second-order valence-electron chi connectivity index (χ2n) is 7.31. The molecule has 33 heavy (non-hydrogen) atoms. The predicted octanol–water partition coefficient (Wildman–Crippen LogP) is 5.71. The summed E-state index contributed by atoms with van der Waals surface area (Å²) in [5.74, 6) is -0.779. The summed E-state index contributed by atoms with van der Waals surface area (Å²) in [7, 11) is 0. The fourth-order valence-electron chi connectivity index (χ4n) is 3.27. The van der Waals surface area contributed by atoms with E-state index in [0.717, 1.165) is 5.56 Å². The van der Waals surface area contributed by atoms with Gasteiger partial charge in [0.2, 0.25) is 0 Å². The van der Waals surface area contributed by atoms with Crippen molar-refractivity contribution in [3.63, 3.8) is 0 Å². The molecular formula is C25H21N3O4S. The summed E-state index contributed by atoms with van der Waals surface area (Å²) < 4.78 is 5.09. The minimum absolute atomic E-state index is 0.188. The molecule has 2 heterocycles. The maximum Gasteiger partial charge on any atom is 0.291 e. The van der Waals surface area contributed by atoms with Crippen molar-refractivity contribution in [2.45, 2.75) is 13.8 Å². The second-order valence-corrected chi connectivity index (χ2v) is 8.36. The summed E-state index contributed by atoms with van der Waals surface area (Å²) in [6.07, 6.45) is 1.42. The Labute approximate surface area is 194 Å². The maximum absolute atomic E-state index is 13.0. The number of nitrogens with one attached hydrogen (secondary N) is 3. The maximum atomic E-state index is 13.0. The summed E-state index contributed by atoms with van der Waals surface area (Å²) in [5, 5.41) is 9.01. The van der Waals surface area contributed by atoms with Crippen LogP contribution in [0.1, 0.15) is 41.7 Å². The first kappa shape index (κ1) is 22.0. The van der Waals surface area contributed by atoms with Gasteiger partial charge in [-0.1, -0.05) is 24.3 Å². The number of rotatable bonds is 6. The van der Waals surface area contributed by atoms with Crippen molar-refractivity contribution >= 4 is 45.4 Å². The van der Waals surface area contributed by atoms with E-state index in [2.05, 4.69) is 16.0 Å². The van der Waals surface area contributed by atoms with Crippen LogP contribution in [0.25, 0.3) is 0 Å². The molecule has 0 bridgehead atoms. The highest BCUT2D eigenvalue weighted by Crippen LogP contribution is 2.29. The Morgan fingerprint density at radius 1 is 0.788 bits per heavy atom. The van der Waals surface area contributed by atoms with Gasteiger partial charge in [-0.2, -0.15) is 0 Å². The van der Waals surface area contributed by atoms with E-state index in [0.29, 0.717) is 32.4 Å². The van der Waals surface area contributed by atoms with Crippen molar-refractivity contribution in [1.82, 2.24) is 0 Å². The number of thiophene rings is 1. The minimum atomic E-state index is -0.388. The van der Waals surface area contributed by atoms with Gasteiger partial charge in [0.1, 0.15) is 0 Å². The van der Waals surface area contributed by atoms with Gasteiger partial charge < -0.3 is 20.4 Å². The van der Waals surface area contributed by atoms with Crippen LogP contribution in [0.4, 0.5) is 16.4 Å². The molecule has 0 aliphatic heterocycles. The smallest absolute Gasteiger partial charge is 0.291 e. The van der Waals surface area contributed by atoms with Gasteiger partial charge in [0.15, 0.2) is 5.76 Å². The van der Waals surface area contributed by atoms with Crippen LogP contribution in [0.3, 0.4) is 0 Å². The van der Waals surface area contributed by atoms with Crippen LogP contribution in [0, 0.1) is 13.8 Å². The van der Waals surface area contributed by atoms with E-state index >= 15 is 0 Å². The lowest BCUT2D eigenvalue weighted by Gasteiger charge is -2.12. The number of furan rings is 1. The fourth-order valence-corrected chi connectivity index (χ4v) is 4.23. The second kappa shape index (κ2) is 9.54. The molecule has 8 heteroatoms. The molecule has 3 amide bonds. The first-order valence-corrected chi connectivity index (χ1v) is 11.0. The Kier molecular flexibility index (Phi) is 6.37. The Balaban J connectivity index is 1.48. The largest absolute Gasteiger partial charge is 0.459 e. The third-order valence-corrected chi connectivity index (χ3v) is 6.12. The van der Waals surface area contributed by atoms with Gasteiger partial charge in [-0.05, 0) is 67.4 Å². The van der Waals surface area contributed by atoms with Crippen molar-refractivity contribution in [1.29, 1.82) is 0 Å². The van der Waals surface area contributed by atoms with Crippen LogP contribution in [0.2, 0.25) is 0 Å². The topological polar surface area (TPSA) is 100 Å². The molecule has 0 saturated carbocycles. The Morgan fingerprint density at radius 2 is 1.58 bits per heavy atom. The number of carbonyl (C=O) groups excluding carboxylic acids is 3. The summed E-state index contributed by atoms with van der Waals surface area (Å²) in [6, 6.07) is 19.3. The van der Waals surface area contributed by atoms with E-state index in [-0.39, 0.29) is 23.5 Å². The van der Waals surface area contributed by atoms with Gasteiger partial charge >= 0.3 is 0 Å². The van der Waals surface area contributed by atoms with Gasteiger partial charge in [0, 0.05) is 16.9 Å². The average Bonchev–Trinajstić information content (AvgIpc) is 3.46. The molecule has 7 nitrogen and oxygen atoms in total. The third kappa shape index (κ3) is 5.02. The zero-order valence-electron chi connectivity index (χ0n) is 18.0. The van der Waals surface area contributed by atoms with E-state index < -0.39 is 0 Å². The number of hydrogen-bond acceptors (Lipinski definition) is 5. The fraction of sp³-hybridized carbons (Fsp3) is 0.0800. The highest BCUT2D eigenvalue weighted by Gasteiger charge is 2.19. The van der Waals surface area contributed by atoms with Crippen LogP contribution < -0.4 is 16.0 Å². The molecule has 0 unspecified atom stereocenters. The molecule has 4 aromatic rings. The number of carbonyl (C=O) groups is 3. The molecule has 0 spiro atoms. The van der Waals surface area contributed by atoms with Crippen LogP contribution in [-0.2, 0) is 0 Å². The lowest BCUT2D eigenvalue weighted by Crippen LogP contribution is -2.16. The monoisotopic (exact) mass is 459 g/mol. The van der Waals surface area contributed by atoms with Gasteiger partial charge in [-0.3, -0.25) is 14.4 Å². The van der Waals surface area contributed by atoms with Gasteiger partial charge in [-0.25, -0.2) is 0 Å². The summed E-state index contributed by atoms with van der Waals surface area (Å²) in [4.78, 5) is 38.3. The number of para-hydroxylation sites is 1. The van der Waals surface area contributed by atoms with Crippen molar-refractivity contribution in [3.05, 3.63) is 100 Å². The van der Waals surface area contributed by atoms with Crippen molar-refractivity contribution in [3.8, 4) is 0 Å². The summed E-state index contributed by atoms with van der Waals surface area (Å²) >= 11 is 1.17. The molecule has 0 saturated heterocycles. The van der Waals surface area contributed by atoms with Crippen LogP contribution in [0.5, 0.6) is 0 Å². The van der Waals surface area contributed by atoms with Crippen molar-refractivity contribution in [2.24, 2.45) is 0 Å². The minimum Gasteiger partial charge on any atom is -0.459 e. The highest BCUT2D eigenvalue weighted by molar-refractivity contribution is 7.18. The van der Waals surface area contributed by atoms with E-state index in [1.807, 2.05) is 18.2 Å². The zero-order valence-corrected chi connectivity index (χ0v) is 18.8. The molecule has 166 valence electrons. The van der Waals surface area contributed by atoms with Gasteiger partial charge in [-0.15, -0.1) is 11.3 Å². The zero-order chi connectivity index (χ0) is 23.4. The van der Waals surface area contributed by atoms with Crippen molar-refractivity contribution < 1.29 is 18.8 Å². The normalized spacial score (nSPS) is 10.5. The SMILES string of the molecule is Cc1cc(NC(=O)c2ccco2)sc1C(=O)Nc1cccc(C(=O)Nc2ccccc2)c1C. The molecule has 0 aliphatic rings. The molecule has 3 N–H and O–H groups in total. The molecule has 0 radical (unpaired) electrons. The summed E-state index contributed by atoms with van der Waals surface area (Å²) in [6.45, 7) is 3.58.